The third-order valence-electron chi connectivity index (χ3n) is 17.7. The maximum Gasteiger partial charge on any atom is 0.245 e. The van der Waals surface area contributed by atoms with Gasteiger partial charge in [0.2, 0.25) is 65.0 Å². The number of carbonyl (C=O) groups excluding carboxylic acids is 11. The van der Waals surface area contributed by atoms with Gasteiger partial charge in [0, 0.05) is 80.4 Å². The number of halogens is 1. The number of nitrogens with zero attached hydrogens (tertiary/aromatic N) is 2. The van der Waals surface area contributed by atoms with Gasteiger partial charge >= 0.3 is 0 Å². The molecule has 0 bridgehead atoms. The number of nitrogen functional groups attached to an aromatic ring is 2. The quantitative estimate of drug-likeness (QED) is 0.0196. The van der Waals surface area contributed by atoms with Crippen LogP contribution in [0.25, 0.3) is 10.8 Å². The van der Waals surface area contributed by atoms with E-state index in [-0.39, 0.29) is 63.5 Å². The number of nitrogens with one attached hydrogen (secondary N) is 10. The van der Waals surface area contributed by atoms with Crippen molar-refractivity contribution in [3.8, 4) is 0 Å². The lowest BCUT2D eigenvalue weighted by molar-refractivity contribution is -0.142. The van der Waals surface area contributed by atoms with E-state index in [1.807, 2.05) is 70.2 Å². The lowest BCUT2D eigenvalue weighted by atomic mass is 9.99. The number of unbranched alkanes of at least 4 members (excludes halogenated alkanes) is 1. The minimum atomic E-state index is -1.80. The van der Waals surface area contributed by atoms with E-state index >= 15 is 9.59 Å². The lowest BCUT2D eigenvalue weighted by Gasteiger charge is -2.31. The first kappa shape index (κ1) is 80.8. The molecule has 0 aliphatic carbocycles. The molecule has 27 nitrogen and oxygen atoms in total. The van der Waals surface area contributed by atoms with Crippen LogP contribution in [0.4, 0.5) is 11.4 Å². The van der Waals surface area contributed by atoms with Gasteiger partial charge in [-0.3, -0.25) is 57.7 Å². The van der Waals surface area contributed by atoms with Crippen LogP contribution in [0.1, 0.15) is 108 Å². The third-order valence-corrected chi connectivity index (χ3v) is 18.0. The molecule has 28 heteroatoms. The highest BCUT2D eigenvalue weighted by Crippen LogP contribution is 2.23. The Bertz CT molecular complexity index is 3920. The van der Waals surface area contributed by atoms with Gasteiger partial charge in [0.05, 0.1) is 6.61 Å². The molecule has 10 atom stereocenters. The van der Waals surface area contributed by atoms with E-state index in [2.05, 4.69) is 58.2 Å². The molecule has 1 saturated heterocycles. The molecule has 1 aromatic heterocycles. The Morgan fingerprint density at radius 1 is 0.519 bits per heavy atom. The topological polar surface area (TPSA) is 422 Å². The fraction of sp³-hybridized carbons (Fsp3) is 0.421. The molecular formula is C76H98ClN15O12. The molecule has 104 heavy (non-hydrogen) atoms. The third kappa shape index (κ3) is 25.5. The average molecular weight is 1450 g/mol. The Morgan fingerprint density at radius 3 is 1.46 bits per heavy atom. The van der Waals surface area contributed by atoms with E-state index in [4.69, 9.17) is 28.8 Å². The second-order valence-corrected chi connectivity index (χ2v) is 27.5. The Balaban J connectivity index is 1.14. The minimum absolute atomic E-state index is 0.0437. The molecule has 0 radical (unpaired) electrons. The summed E-state index contributed by atoms with van der Waals surface area (Å²) in [4.78, 5) is 162. The first-order chi connectivity index (χ1) is 49.6. The number of hydrogen-bond acceptors (Lipinski definition) is 16. The molecule has 17 N–H and O–H groups in total. The number of anilines is 2. The number of nitrogens with two attached hydrogens (primary N) is 3. The highest BCUT2D eigenvalue weighted by molar-refractivity contribution is 6.30. The van der Waals surface area contributed by atoms with Gasteiger partial charge in [0.25, 0.3) is 0 Å². The normalized spacial score (nSPS) is 15.3. The predicted octanol–water partition coefficient (Wildman–Crippen LogP) is 2.65. The molecule has 0 spiro atoms. The van der Waals surface area contributed by atoms with E-state index in [1.165, 1.54) is 31.1 Å². The van der Waals surface area contributed by atoms with Gasteiger partial charge in [-0.25, -0.2) is 0 Å². The number of primary amides is 1. The van der Waals surface area contributed by atoms with Crippen LogP contribution in [0.3, 0.4) is 0 Å². The van der Waals surface area contributed by atoms with Crippen molar-refractivity contribution in [3.05, 3.63) is 173 Å². The zero-order chi connectivity index (χ0) is 75.6. The molecule has 7 rings (SSSR count). The van der Waals surface area contributed by atoms with Crippen molar-refractivity contribution in [2.24, 2.45) is 11.7 Å². The first-order valence-electron chi connectivity index (χ1n) is 35.1. The second kappa shape index (κ2) is 39.8. The smallest absolute Gasteiger partial charge is 0.245 e. The molecule has 1 fully saturated rings. The number of carbonyl (C=O) groups is 11. The summed E-state index contributed by atoms with van der Waals surface area (Å²) in [5.41, 5.74) is 21.1. The van der Waals surface area contributed by atoms with Crippen molar-refractivity contribution >= 4 is 98.7 Å². The Hall–Kier alpha value is -10.5. The van der Waals surface area contributed by atoms with Crippen molar-refractivity contribution in [3.63, 3.8) is 0 Å². The van der Waals surface area contributed by atoms with Gasteiger partial charge in [0.1, 0.15) is 60.4 Å². The van der Waals surface area contributed by atoms with E-state index in [9.17, 15) is 48.3 Å². The number of rotatable bonds is 38. The minimum Gasteiger partial charge on any atom is -0.399 e. The molecule has 0 unspecified atom stereocenters. The molecule has 11 amide bonds. The zero-order valence-corrected chi connectivity index (χ0v) is 60.3. The molecular weight excluding hydrogens is 1350 g/mol. The SMILES string of the molecule is CC(=O)N[C@H](Cc1ccc2ccccc2c1)C(=O)N[C@H](Cc1ccc(Cl)cc1)C(=O)N[C@H](Cc1cccnc1)C(=O)N[C@@H](CO)C(=O)N[C@@H](Cc1ccc(N)cc1)C(=O)N[C@H](Cc1ccc(N)cc1)C(=O)N[C@@H](CC(C)C)C(=O)N[C@@H](CCCCNC(C)C)C(=O)N1CCC[C@H]1C(=O)N[C@H](C)C(N)=O. The van der Waals surface area contributed by atoms with Crippen LogP contribution in [0, 0.1) is 5.92 Å². The summed E-state index contributed by atoms with van der Waals surface area (Å²) in [6.45, 7) is 10.1. The number of hydrogen-bond donors (Lipinski definition) is 14. The Labute approximate surface area is 610 Å². The van der Waals surface area contributed by atoms with Crippen LogP contribution in [-0.4, -0.2) is 166 Å². The predicted molar refractivity (Wildman–Crippen MR) is 396 cm³/mol. The van der Waals surface area contributed by atoms with Crippen LogP contribution < -0.4 is 70.4 Å². The van der Waals surface area contributed by atoms with Crippen molar-refractivity contribution in [1.29, 1.82) is 0 Å². The van der Waals surface area contributed by atoms with Crippen LogP contribution in [0.15, 0.2) is 140 Å². The number of aromatic nitrogens is 1. The fourth-order valence-corrected chi connectivity index (χ4v) is 12.2. The number of pyridine rings is 1. The molecule has 1 aliphatic heterocycles. The number of likely N-dealkylation sites (tertiary alicyclic amines) is 1. The van der Waals surface area contributed by atoms with Crippen molar-refractivity contribution in [2.45, 2.75) is 179 Å². The summed E-state index contributed by atoms with van der Waals surface area (Å²) >= 11 is 6.25. The van der Waals surface area contributed by atoms with E-state index in [0.717, 1.165) is 16.3 Å². The van der Waals surface area contributed by atoms with Gasteiger partial charge in [-0.15, -0.1) is 0 Å². The van der Waals surface area contributed by atoms with Gasteiger partial charge < -0.3 is 80.4 Å². The summed E-state index contributed by atoms with van der Waals surface area (Å²) in [5.74, 6) is -8.67. The Kier molecular flexibility index (Phi) is 30.9. The molecule has 556 valence electrons. The standard InChI is InChI=1S/C76H98ClN15O12/c1-44(2)35-59(68(96)85-58(16-9-10-33-82-45(3)4)76(104)92-34-12-17-66(92)75(103)83-46(5)67(80)95)86-70(98)62(38-49-21-28-56(78)29-22-49)88-72(100)63(39-50-23-30-57(79)31-24-50)90-74(102)65(43-93)91-73(101)64(41-52-13-11-32-81-42-52)89-71(99)61(37-48-19-26-55(77)27-20-48)87-69(97)60(84-47(6)94)40-51-18-25-53-14-7-8-15-54(53)36-51/h7-8,11,13-15,18-32,36,42,44-46,58-66,82,93H,9-10,12,16-17,33-35,37-41,43,78-79H2,1-6H3,(H2,80,95)(H,83,103)(H,84,94)(H,85,96)(H,86,98)(H,87,97)(H,88,100)(H,89,99)(H,90,102)(H,91,101)/t46-,58+,59+,60-,61-,62-,63+,64-,65+,66+/m1/s1. The van der Waals surface area contributed by atoms with Crippen molar-refractivity contribution in [1.82, 2.24) is 63.1 Å². The number of aliphatic hydroxyl groups excluding tert-OH is 1. The average Bonchev–Trinajstić information content (AvgIpc) is 1.45. The maximum atomic E-state index is 15.1. The van der Waals surface area contributed by atoms with Crippen LogP contribution in [0.2, 0.25) is 5.02 Å². The summed E-state index contributed by atoms with van der Waals surface area (Å²) in [6, 6.07) is 22.8. The number of benzene rings is 5. The summed E-state index contributed by atoms with van der Waals surface area (Å²) in [6.07, 6.45) is 4.34. The summed E-state index contributed by atoms with van der Waals surface area (Å²) < 4.78 is 0. The first-order valence-corrected chi connectivity index (χ1v) is 35.4. The molecule has 5 aromatic carbocycles. The van der Waals surface area contributed by atoms with Crippen LogP contribution in [-0.2, 0) is 84.8 Å². The number of amides is 11. The highest BCUT2D eigenvalue weighted by Gasteiger charge is 2.40. The largest absolute Gasteiger partial charge is 0.399 e. The van der Waals surface area contributed by atoms with E-state index in [1.54, 1.807) is 84.9 Å². The molecule has 2 heterocycles. The summed E-state index contributed by atoms with van der Waals surface area (Å²) in [5, 5.41) is 41.1. The maximum absolute atomic E-state index is 15.1. The second-order valence-electron chi connectivity index (χ2n) is 27.1. The highest BCUT2D eigenvalue weighted by atomic mass is 35.5. The lowest BCUT2D eigenvalue weighted by Crippen LogP contribution is -2.62. The van der Waals surface area contributed by atoms with Gasteiger partial charge in [-0.05, 0) is 139 Å². The molecule has 0 saturated carbocycles. The molecule has 1 aliphatic rings. The van der Waals surface area contributed by atoms with Crippen molar-refractivity contribution < 1.29 is 57.8 Å². The summed E-state index contributed by atoms with van der Waals surface area (Å²) in [7, 11) is 0. The zero-order valence-electron chi connectivity index (χ0n) is 59.5. The fourth-order valence-electron chi connectivity index (χ4n) is 12.1. The Morgan fingerprint density at radius 2 is 0.971 bits per heavy atom. The number of aliphatic hydroxyl groups is 1. The monoisotopic (exact) mass is 1450 g/mol. The van der Waals surface area contributed by atoms with Crippen LogP contribution >= 0.6 is 11.6 Å². The van der Waals surface area contributed by atoms with Gasteiger partial charge in [-0.2, -0.15) is 0 Å². The van der Waals surface area contributed by atoms with E-state index < -0.39 is 132 Å². The van der Waals surface area contributed by atoms with Crippen LogP contribution in [0.5, 0.6) is 0 Å². The number of fused-ring (bicyclic) bond motifs is 1. The van der Waals surface area contributed by atoms with Gasteiger partial charge in [0.15, 0.2) is 0 Å². The van der Waals surface area contributed by atoms with E-state index in [0.29, 0.717) is 70.9 Å². The molecule has 6 aromatic rings. The van der Waals surface area contributed by atoms with Gasteiger partial charge in [-0.1, -0.05) is 124 Å². The van der Waals surface area contributed by atoms with Crippen molar-refractivity contribution in [2.75, 3.05) is 31.2 Å².